The van der Waals surface area contributed by atoms with Crippen LogP contribution in [0, 0.1) is 0 Å². The number of fused-ring (bicyclic) bond motifs is 1. The number of nitrogens with one attached hydrogen (secondary N) is 1. The van der Waals surface area contributed by atoms with Crippen LogP contribution in [0.1, 0.15) is 20.8 Å². The summed E-state index contributed by atoms with van der Waals surface area (Å²) in [5.74, 6) is 0. The van der Waals surface area contributed by atoms with E-state index >= 15 is 0 Å². The molecular formula is C14H18N3O+. The topological polar surface area (TPSA) is 59.0 Å². The van der Waals surface area contributed by atoms with Crippen molar-refractivity contribution in [3.05, 3.63) is 36.7 Å². The van der Waals surface area contributed by atoms with Gasteiger partial charge in [-0.2, -0.15) is 4.57 Å². The molecule has 3 N–H and O–H groups in total. The first kappa shape index (κ1) is 12.4. The Bertz CT molecular complexity index is 600. The number of amides is 2. The monoisotopic (exact) mass is 244 g/mol. The Morgan fingerprint density at radius 2 is 1.89 bits per heavy atom. The minimum absolute atomic E-state index is 0.0574. The zero-order valence-corrected chi connectivity index (χ0v) is 10.9. The number of hydrogen-bond donors (Lipinski definition) is 2. The van der Waals surface area contributed by atoms with Crippen molar-refractivity contribution < 1.29 is 9.36 Å². The second-order valence-electron chi connectivity index (χ2n) is 5.33. The maximum absolute atomic E-state index is 11.1. The molecule has 0 radical (unpaired) electrons. The highest BCUT2D eigenvalue weighted by molar-refractivity contribution is 5.99. The van der Waals surface area contributed by atoms with E-state index in [-0.39, 0.29) is 5.54 Å². The molecular weight excluding hydrogens is 226 g/mol. The molecule has 2 aromatic rings. The van der Waals surface area contributed by atoms with Gasteiger partial charge in [0.2, 0.25) is 0 Å². The number of pyridine rings is 1. The number of hydrogen-bond acceptors (Lipinski definition) is 1. The van der Waals surface area contributed by atoms with Gasteiger partial charge in [0.05, 0.1) is 0 Å². The molecule has 94 valence electrons. The van der Waals surface area contributed by atoms with Gasteiger partial charge in [-0.15, -0.1) is 0 Å². The van der Waals surface area contributed by atoms with Gasteiger partial charge in [-0.25, -0.2) is 4.79 Å². The second-order valence-corrected chi connectivity index (χ2v) is 5.33. The fraction of sp³-hybridized carbons (Fsp3) is 0.286. The van der Waals surface area contributed by atoms with Crippen molar-refractivity contribution in [2.24, 2.45) is 5.73 Å². The Labute approximate surface area is 106 Å². The highest BCUT2D eigenvalue weighted by Crippen LogP contribution is 2.22. The minimum atomic E-state index is -0.549. The predicted molar refractivity (Wildman–Crippen MR) is 72.3 cm³/mol. The molecule has 18 heavy (non-hydrogen) atoms. The van der Waals surface area contributed by atoms with Gasteiger partial charge in [0.15, 0.2) is 17.9 Å². The molecule has 0 fully saturated rings. The average molecular weight is 244 g/mol. The summed E-state index contributed by atoms with van der Waals surface area (Å²) in [7, 11) is 0. The number of urea groups is 1. The number of nitrogens with two attached hydrogens (primary N) is 1. The molecule has 0 unspecified atom stereocenters. The van der Waals surface area contributed by atoms with Crippen LogP contribution in [0.2, 0.25) is 0 Å². The van der Waals surface area contributed by atoms with Crippen LogP contribution in [0.25, 0.3) is 10.8 Å². The molecule has 0 aliphatic carbocycles. The van der Waals surface area contributed by atoms with Crippen molar-refractivity contribution in [3.8, 4) is 0 Å². The third kappa shape index (κ3) is 2.42. The van der Waals surface area contributed by atoms with Crippen molar-refractivity contribution in [3.63, 3.8) is 0 Å². The van der Waals surface area contributed by atoms with E-state index in [1.54, 1.807) is 0 Å². The molecule has 4 nitrogen and oxygen atoms in total. The molecule has 0 saturated carbocycles. The zero-order chi connectivity index (χ0) is 13.3. The van der Waals surface area contributed by atoms with E-state index in [1.165, 1.54) is 0 Å². The van der Waals surface area contributed by atoms with E-state index in [9.17, 15) is 4.79 Å². The Morgan fingerprint density at radius 1 is 1.22 bits per heavy atom. The van der Waals surface area contributed by atoms with Crippen molar-refractivity contribution in [1.29, 1.82) is 0 Å². The van der Waals surface area contributed by atoms with E-state index in [0.29, 0.717) is 0 Å². The lowest BCUT2D eigenvalue weighted by Gasteiger charge is -2.15. The van der Waals surface area contributed by atoms with E-state index in [0.717, 1.165) is 16.5 Å². The van der Waals surface area contributed by atoms with E-state index < -0.39 is 6.03 Å². The quantitative estimate of drug-likeness (QED) is 0.743. The predicted octanol–water partition coefficient (Wildman–Crippen LogP) is 2.37. The molecule has 1 heterocycles. The van der Waals surface area contributed by atoms with Gasteiger partial charge in [-0.3, -0.25) is 0 Å². The largest absolute Gasteiger partial charge is 0.351 e. The van der Waals surface area contributed by atoms with E-state index in [2.05, 4.69) is 36.9 Å². The normalized spacial score (nSPS) is 11.5. The van der Waals surface area contributed by atoms with Gasteiger partial charge in [-0.1, -0.05) is 18.2 Å². The molecule has 0 aliphatic rings. The average Bonchev–Trinajstić information content (AvgIpc) is 2.27. The van der Waals surface area contributed by atoms with Crippen LogP contribution in [0.5, 0.6) is 0 Å². The van der Waals surface area contributed by atoms with Crippen molar-refractivity contribution in [2.45, 2.75) is 26.3 Å². The van der Waals surface area contributed by atoms with E-state index in [1.807, 2.05) is 30.5 Å². The highest BCUT2D eigenvalue weighted by atomic mass is 16.2. The molecule has 0 saturated heterocycles. The lowest BCUT2D eigenvalue weighted by Crippen LogP contribution is -2.49. The van der Waals surface area contributed by atoms with E-state index in [4.69, 9.17) is 5.73 Å². The summed E-state index contributed by atoms with van der Waals surface area (Å²) in [4.78, 5) is 11.1. The number of rotatable bonds is 1. The highest BCUT2D eigenvalue weighted by Gasteiger charge is 2.23. The third-order valence-electron chi connectivity index (χ3n) is 2.83. The molecule has 2 rings (SSSR count). The molecule has 0 atom stereocenters. The number of anilines is 1. The number of benzene rings is 1. The van der Waals surface area contributed by atoms with Crippen LogP contribution in [0.15, 0.2) is 36.7 Å². The summed E-state index contributed by atoms with van der Waals surface area (Å²) in [5.41, 5.74) is 5.89. The van der Waals surface area contributed by atoms with Crippen LogP contribution >= 0.6 is 0 Å². The summed E-state index contributed by atoms with van der Waals surface area (Å²) in [5, 5.41) is 4.73. The fourth-order valence-electron chi connectivity index (χ4n) is 1.87. The summed E-state index contributed by atoms with van der Waals surface area (Å²) >= 11 is 0. The number of primary amides is 1. The van der Waals surface area contributed by atoms with Gasteiger partial charge in [0.25, 0.3) is 0 Å². The number of carbonyl (C=O) groups is 1. The number of carbonyl (C=O) groups excluding carboxylic acids is 1. The molecule has 1 aromatic heterocycles. The minimum Gasteiger partial charge on any atom is -0.351 e. The summed E-state index contributed by atoms with van der Waals surface area (Å²) in [6.45, 7) is 6.32. The lowest BCUT2D eigenvalue weighted by molar-refractivity contribution is -0.752. The molecule has 0 bridgehead atoms. The van der Waals surface area contributed by atoms with Crippen molar-refractivity contribution >= 4 is 22.5 Å². The standard InChI is InChI=1S/C14H17N3O/c1-14(2,3)17-8-10-6-4-5-7-11(10)12(9-17)16-13(15)18/h4-9H,1-3H3,(H2-,15,16,18)/p+1. The van der Waals surface area contributed by atoms with Gasteiger partial charge in [-0.05, 0) is 6.07 Å². The number of aromatic nitrogens is 1. The molecule has 0 aliphatic heterocycles. The zero-order valence-electron chi connectivity index (χ0n) is 10.9. The Hall–Kier alpha value is -2.10. The lowest BCUT2D eigenvalue weighted by atomic mass is 10.1. The van der Waals surface area contributed by atoms with Crippen LogP contribution in [0.4, 0.5) is 10.5 Å². The van der Waals surface area contributed by atoms with Gasteiger partial charge < -0.3 is 11.1 Å². The third-order valence-corrected chi connectivity index (χ3v) is 2.83. The van der Waals surface area contributed by atoms with Crippen molar-refractivity contribution in [2.75, 3.05) is 5.32 Å². The summed E-state index contributed by atoms with van der Waals surface area (Å²) < 4.78 is 2.07. The Morgan fingerprint density at radius 3 is 2.50 bits per heavy atom. The van der Waals surface area contributed by atoms with Crippen LogP contribution in [-0.4, -0.2) is 6.03 Å². The summed E-state index contributed by atoms with van der Waals surface area (Å²) in [6, 6.07) is 7.35. The maximum Gasteiger partial charge on any atom is 0.316 e. The maximum atomic E-state index is 11.1. The Balaban J connectivity index is 2.68. The Kier molecular flexibility index (Phi) is 2.95. The van der Waals surface area contributed by atoms with Crippen molar-refractivity contribution in [1.82, 2.24) is 0 Å². The molecule has 0 spiro atoms. The summed E-state index contributed by atoms with van der Waals surface area (Å²) in [6.07, 6.45) is 3.98. The molecule has 2 amide bonds. The van der Waals surface area contributed by atoms with Gasteiger partial charge >= 0.3 is 6.03 Å². The fourth-order valence-corrected chi connectivity index (χ4v) is 1.87. The SMILES string of the molecule is CC(C)(C)[n+]1cc(NC(N)=O)c2ccccc2c1. The number of nitrogens with zero attached hydrogens (tertiary/aromatic N) is 1. The van der Waals surface area contributed by atoms with Crippen LogP contribution < -0.4 is 15.6 Å². The first-order valence-corrected chi connectivity index (χ1v) is 5.89. The molecule has 4 heteroatoms. The van der Waals surface area contributed by atoms with Gasteiger partial charge in [0, 0.05) is 31.5 Å². The van der Waals surface area contributed by atoms with Crippen LogP contribution in [0.3, 0.4) is 0 Å². The first-order chi connectivity index (χ1) is 8.38. The smallest absolute Gasteiger partial charge is 0.316 e. The first-order valence-electron chi connectivity index (χ1n) is 5.89. The molecule has 1 aromatic carbocycles. The van der Waals surface area contributed by atoms with Gasteiger partial charge in [0.1, 0.15) is 5.69 Å². The second kappa shape index (κ2) is 4.29. The van der Waals surface area contributed by atoms with Crippen LogP contribution in [-0.2, 0) is 5.54 Å².